The van der Waals surface area contributed by atoms with Crippen molar-refractivity contribution in [2.75, 3.05) is 0 Å². The summed E-state index contributed by atoms with van der Waals surface area (Å²) in [5, 5.41) is 0. The highest BCUT2D eigenvalue weighted by Gasteiger charge is 2.52. The topological polar surface area (TPSA) is 44.8 Å². The Morgan fingerprint density at radius 3 is 2.17 bits per heavy atom. The predicted octanol–water partition coefficient (Wildman–Crippen LogP) is 4.71. The molecule has 24 heavy (non-hydrogen) atoms. The fraction of sp³-hybridized carbons (Fsp3) is 0.588. The van der Waals surface area contributed by atoms with Crippen molar-refractivity contribution in [2.24, 2.45) is 0 Å². The molecule has 1 saturated heterocycles. The van der Waals surface area contributed by atoms with Gasteiger partial charge >= 0.3 is 7.12 Å². The smallest absolute Gasteiger partial charge is 0.467 e. The fourth-order valence-corrected chi connectivity index (χ4v) is 3.38. The van der Waals surface area contributed by atoms with Crippen LogP contribution >= 0.6 is 28.5 Å². The van der Waals surface area contributed by atoms with Gasteiger partial charge in [-0.3, -0.25) is 4.79 Å². The molecule has 1 aromatic rings. The van der Waals surface area contributed by atoms with Gasteiger partial charge in [-0.2, -0.15) is 0 Å². The Morgan fingerprint density at radius 1 is 1.21 bits per heavy atom. The zero-order valence-corrected chi connectivity index (χ0v) is 18.7. The van der Waals surface area contributed by atoms with Crippen molar-refractivity contribution in [1.29, 1.82) is 0 Å². The molecule has 1 atom stereocenters. The lowest BCUT2D eigenvalue weighted by molar-refractivity contribution is 0.00578. The molecule has 1 fully saturated rings. The number of hydrogen-bond donors (Lipinski definition) is 0. The van der Waals surface area contributed by atoms with Crippen LogP contribution in [0.3, 0.4) is 0 Å². The zero-order valence-electron chi connectivity index (χ0n) is 15.5. The maximum atomic E-state index is 11.6. The van der Waals surface area contributed by atoms with Gasteiger partial charge in [0.2, 0.25) is 0 Å². The SMILES string of the molecule is CC.CCc1cc(OPI)cc(B2OC(C)(C)C(C)(C)O2)c1C=O. The van der Waals surface area contributed by atoms with Crippen LogP contribution in [0.15, 0.2) is 12.1 Å². The van der Waals surface area contributed by atoms with Crippen molar-refractivity contribution in [3.63, 3.8) is 0 Å². The molecular weight excluding hydrogens is 437 g/mol. The number of carbonyl (C=O) groups excluding carboxylic acids is 1. The van der Waals surface area contributed by atoms with E-state index in [1.165, 1.54) is 0 Å². The van der Waals surface area contributed by atoms with Crippen LogP contribution in [0.25, 0.3) is 0 Å². The summed E-state index contributed by atoms with van der Waals surface area (Å²) in [7, 11) is -0.559. The third-order valence-electron chi connectivity index (χ3n) is 4.43. The van der Waals surface area contributed by atoms with Crippen molar-refractivity contribution in [3.8, 4) is 5.75 Å². The molecule has 1 aromatic carbocycles. The van der Waals surface area contributed by atoms with Crippen LogP contribution < -0.4 is 9.99 Å². The van der Waals surface area contributed by atoms with Gasteiger partial charge in [-0.05, 0) is 79.3 Å². The van der Waals surface area contributed by atoms with Crippen molar-refractivity contribution in [1.82, 2.24) is 0 Å². The third-order valence-corrected chi connectivity index (χ3v) is 5.41. The van der Waals surface area contributed by atoms with Crippen LogP contribution in [0, 0.1) is 0 Å². The van der Waals surface area contributed by atoms with E-state index in [2.05, 4.69) is 22.0 Å². The Bertz CT molecular complexity index is 562. The molecule has 0 spiro atoms. The molecule has 2 rings (SSSR count). The molecule has 0 bridgehead atoms. The van der Waals surface area contributed by atoms with E-state index < -0.39 is 18.3 Å². The summed E-state index contributed by atoms with van der Waals surface area (Å²) in [6.07, 6.45) is 1.64. The van der Waals surface area contributed by atoms with Crippen LogP contribution in [0.4, 0.5) is 0 Å². The average Bonchev–Trinajstić information content (AvgIpc) is 2.76. The number of hydrogen-bond acceptors (Lipinski definition) is 4. The standard InChI is InChI=1S/C15H21BIO4P.C2H6/c1-6-10-7-11(19-22-17)8-13(12(10)9-18)16-20-14(2,3)15(4,5)21-16;1-2/h7-9,22H,6H2,1-5H3;1-2H3. The van der Waals surface area contributed by atoms with E-state index in [1.54, 1.807) is 0 Å². The first-order valence-electron chi connectivity index (χ1n) is 8.26. The number of rotatable bonds is 5. The summed E-state index contributed by atoms with van der Waals surface area (Å²) >= 11 is 2.18. The minimum absolute atomic E-state index is 0.315. The van der Waals surface area contributed by atoms with Crippen molar-refractivity contribution < 1.29 is 18.6 Å². The van der Waals surface area contributed by atoms with Crippen LogP contribution in [0.5, 0.6) is 5.75 Å². The van der Waals surface area contributed by atoms with E-state index in [4.69, 9.17) is 13.8 Å². The number of benzene rings is 1. The minimum Gasteiger partial charge on any atom is -0.467 e. The lowest BCUT2D eigenvalue weighted by Crippen LogP contribution is -2.41. The number of carbonyl (C=O) groups is 1. The summed E-state index contributed by atoms with van der Waals surface area (Å²) < 4.78 is 17.8. The molecule has 1 unspecified atom stereocenters. The first-order chi connectivity index (χ1) is 11.3. The van der Waals surface area contributed by atoms with E-state index >= 15 is 0 Å². The Morgan fingerprint density at radius 2 is 1.75 bits per heavy atom. The summed E-state index contributed by atoms with van der Waals surface area (Å²) in [5.41, 5.74) is 1.47. The van der Waals surface area contributed by atoms with Gasteiger partial charge in [-0.1, -0.05) is 20.8 Å². The minimum atomic E-state index is -0.559. The molecule has 0 amide bonds. The largest absolute Gasteiger partial charge is 0.495 e. The zero-order chi connectivity index (χ0) is 18.5. The Labute approximate surface area is 160 Å². The first-order valence-corrected chi connectivity index (χ1v) is 12.3. The summed E-state index contributed by atoms with van der Waals surface area (Å²) in [4.78, 5) is 11.6. The van der Waals surface area contributed by atoms with Gasteiger partial charge in [0.1, 0.15) is 18.5 Å². The van der Waals surface area contributed by atoms with Gasteiger partial charge in [0.15, 0.2) is 0 Å². The normalized spacial score (nSPS) is 18.4. The molecule has 1 aliphatic rings. The average molecular weight is 464 g/mol. The van der Waals surface area contributed by atoms with Gasteiger partial charge in [-0.25, -0.2) is 0 Å². The van der Waals surface area contributed by atoms with Crippen LogP contribution in [0.1, 0.15) is 64.4 Å². The van der Waals surface area contributed by atoms with Gasteiger partial charge in [0.05, 0.1) is 11.2 Å². The number of aldehydes is 1. The molecule has 1 heterocycles. The lowest BCUT2D eigenvalue weighted by Gasteiger charge is -2.32. The molecule has 4 nitrogen and oxygen atoms in total. The molecule has 0 saturated carbocycles. The molecule has 0 aromatic heterocycles. The Balaban J connectivity index is 0.00000139. The van der Waals surface area contributed by atoms with Crippen LogP contribution in [0.2, 0.25) is 0 Å². The summed E-state index contributed by atoms with van der Waals surface area (Å²) in [6.45, 7) is 14.3. The molecule has 134 valence electrons. The molecular formula is C17H27BIO4P. The van der Waals surface area contributed by atoms with Gasteiger partial charge in [0.25, 0.3) is 0 Å². The van der Waals surface area contributed by atoms with Crippen molar-refractivity contribution in [3.05, 3.63) is 23.3 Å². The highest BCUT2D eigenvalue weighted by Crippen LogP contribution is 2.37. The van der Waals surface area contributed by atoms with Crippen LogP contribution in [-0.4, -0.2) is 24.6 Å². The highest BCUT2D eigenvalue weighted by molar-refractivity contribution is 14.2. The monoisotopic (exact) mass is 464 g/mol. The van der Waals surface area contributed by atoms with Crippen LogP contribution in [-0.2, 0) is 15.7 Å². The Kier molecular flexibility index (Phi) is 8.18. The second-order valence-corrected chi connectivity index (χ2v) is 8.00. The second-order valence-electron chi connectivity index (χ2n) is 6.32. The molecule has 0 aliphatic carbocycles. The number of aryl methyl sites for hydroxylation is 1. The summed E-state index contributed by atoms with van der Waals surface area (Å²) in [6, 6.07) is 3.78. The van der Waals surface area contributed by atoms with E-state index in [-0.39, 0.29) is 0 Å². The second kappa shape index (κ2) is 8.97. The highest BCUT2D eigenvalue weighted by atomic mass is 127. The number of halogens is 1. The molecule has 7 heteroatoms. The quantitative estimate of drug-likeness (QED) is 0.274. The third kappa shape index (κ3) is 4.51. The maximum absolute atomic E-state index is 11.6. The van der Waals surface area contributed by atoms with E-state index in [0.29, 0.717) is 12.0 Å². The maximum Gasteiger partial charge on any atom is 0.495 e. The predicted molar refractivity (Wildman–Crippen MR) is 111 cm³/mol. The molecule has 0 N–H and O–H groups in total. The van der Waals surface area contributed by atoms with Gasteiger partial charge < -0.3 is 13.8 Å². The lowest BCUT2D eigenvalue weighted by atomic mass is 9.74. The summed E-state index contributed by atoms with van der Waals surface area (Å²) in [5.74, 6) is 0.750. The molecule has 1 aliphatic heterocycles. The van der Waals surface area contributed by atoms with E-state index in [0.717, 1.165) is 29.5 Å². The van der Waals surface area contributed by atoms with E-state index in [9.17, 15) is 4.79 Å². The fourth-order valence-electron chi connectivity index (χ4n) is 2.41. The molecule has 0 radical (unpaired) electrons. The van der Waals surface area contributed by atoms with Gasteiger partial charge in [0, 0.05) is 5.56 Å². The van der Waals surface area contributed by atoms with E-state index in [1.807, 2.05) is 60.6 Å². The van der Waals surface area contributed by atoms with Gasteiger partial charge in [-0.15, -0.1) is 0 Å². The first kappa shape index (κ1) is 21.9. The van der Waals surface area contributed by atoms with Crippen molar-refractivity contribution in [2.45, 2.75) is 66.1 Å². The van der Waals surface area contributed by atoms with Crippen molar-refractivity contribution >= 4 is 47.4 Å². The Hall–Kier alpha value is -0.165.